The lowest BCUT2D eigenvalue weighted by Gasteiger charge is -2.37. The van der Waals surface area contributed by atoms with E-state index in [9.17, 15) is 14.4 Å². The number of nitrogens with one attached hydrogen (secondary N) is 2. The fourth-order valence-electron chi connectivity index (χ4n) is 3.68. The first-order chi connectivity index (χ1) is 16.1. The van der Waals surface area contributed by atoms with Gasteiger partial charge in [0.25, 0.3) is 0 Å². The first kappa shape index (κ1) is 30.5. The van der Waals surface area contributed by atoms with E-state index in [1.54, 1.807) is 25.7 Å². The molecule has 0 bridgehead atoms. The summed E-state index contributed by atoms with van der Waals surface area (Å²) >= 11 is 0. The fraction of sp³-hybridized carbons (Fsp3) is 0.679. The molecule has 0 aromatic heterocycles. The maximum Gasteiger partial charge on any atom is 0.408 e. The number of hydrogen-bond acceptors (Lipinski definition) is 4. The molecule has 0 heterocycles. The molecule has 3 amide bonds. The molecule has 2 unspecified atom stereocenters. The predicted molar refractivity (Wildman–Crippen MR) is 141 cm³/mol. The molecule has 1 aromatic carbocycles. The minimum Gasteiger partial charge on any atom is -0.444 e. The van der Waals surface area contributed by atoms with Gasteiger partial charge in [-0.05, 0) is 66.4 Å². The van der Waals surface area contributed by atoms with Crippen molar-refractivity contribution in [3.8, 4) is 0 Å². The lowest BCUT2D eigenvalue weighted by molar-refractivity contribution is -0.144. The van der Waals surface area contributed by atoms with Crippen LogP contribution in [0.15, 0.2) is 24.3 Å². The van der Waals surface area contributed by atoms with Crippen molar-refractivity contribution in [2.45, 2.75) is 112 Å². The summed E-state index contributed by atoms with van der Waals surface area (Å²) in [6, 6.07) is 6.03. The molecule has 0 saturated heterocycles. The van der Waals surface area contributed by atoms with Crippen molar-refractivity contribution < 1.29 is 19.1 Å². The third-order valence-corrected chi connectivity index (χ3v) is 5.34. The van der Waals surface area contributed by atoms with Gasteiger partial charge >= 0.3 is 6.09 Å². The zero-order valence-electron chi connectivity index (χ0n) is 23.5. The lowest BCUT2D eigenvalue weighted by Crippen LogP contribution is -2.56. The Hall–Kier alpha value is -2.57. The molecule has 0 spiro atoms. The third kappa shape index (κ3) is 10.7. The number of amides is 3. The largest absolute Gasteiger partial charge is 0.444 e. The number of hydrogen-bond donors (Lipinski definition) is 2. The number of rotatable bonds is 10. The van der Waals surface area contributed by atoms with Crippen molar-refractivity contribution in [3.63, 3.8) is 0 Å². The molecule has 0 aliphatic heterocycles. The molecule has 7 heteroatoms. The Morgan fingerprint density at radius 1 is 0.971 bits per heavy atom. The van der Waals surface area contributed by atoms with Crippen molar-refractivity contribution in [2.75, 3.05) is 6.54 Å². The number of alkyl carbamates (subject to hydrolysis) is 1. The maximum absolute atomic E-state index is 14.0. The summed E-state index contributed by atoms with van der Waals surface area (Å²) in [4.78, 5) is 41.8. The average molecular weight is 490 g/mol. The number of benzene rings is 1. The molecule has 0 saturated carbocycles. The molecule has 0 fully saturated rings. The zero-order chi connectivity index (χ0) is 27.0. The van der Waals surface area contributed by atoms with Crippen LogP contribution in [0.2, 0.25) is 0 Å². The van der Waals surface area contributed by atoms with Gasteiger partial charge in [-0.1, -0.05) is 63.4 Å². The highest BCUT2D eigenvalue weighted by atomic mass is 16.6. The summed E-state index contributed by atoms with van der Waals surface area (Å²) < 4.78 is 5.42. The van der Waals surface area contributed by atoms with E-state index in [4.69, 9.17) is 4.74 Å². The topological polar surface area (TPSA) is 87.7 Å². The SMILES string of the molecule is CCCCCN(C(=O)C(NC(=O)OC(C)(C)C)C(C)C)C(C(=O)NC(C)(C)C)c1ccc(C)cc1. The summed E-state index contributed by atoms with van der Waals surface area (Å²) in [5.41, 5.74) is 0.651. The molecule has 1 rings (SSSR count). The molecule has 0 radical (unpaired) electrons. The number of carbonyl (C=O) groups excluding carboxylic acids is 3. The second-order valence-electron chi connectivity index (χ2n) is 11.7. The number of carbonyl (C=O) groups is 3. The molecule has 2 N–H and O–H groups in total. The van der Waals surface area contributed by atoms with Crippen molar-refractivity contribution in [1.29, 1.82) is 0 Å². The second kappa shape index (κ2) is 12.9. The second-order valence-corrected chi connectivity index (χ2v) is 11.7. The number of unbranched alkanes of at least 4 members (excludes halogenated alkanes) is 2. The number of nitrogens with zero attached hydrogens (tertiary/aromatic N) is 1. The van der Waals surface area contributed by atoms with Gasteiger partial charge in [0.05, 0.1) is 0 Å². The van der Waals surface area contributed by atoms with E-state index < -0.39 is 29.3 Å². The highest BCUT2D eigenvalue weighted by Gasteiger charge is 2.38. The quantitative estimate of drug-likeness (QED) is 0.424. The van der Waals surface area contributed by atoms with E-state index in [0.717, 1.165) is 30.4 Å². The normalized spacial score (nSPS) is 13.7. The van der Waals surface area contributed by atoms with Crippen molar-refractivity contribution in [2.24, 2.45) is 5.92 Å². The van der Waals surface area contributed by atoms with Crippen LogP contribution in [0, 0.1) is 12.8 Å². The van der Waals surface area contributed by atoms with Crippen LogP contribution in [0.3, 0.4) is 0 Å². The molecule has 2 atom stereocenters. The molecule has 35 heavy (non-hydrogen) atoms. The summed E-state index contributed by atoms with van der Waals surface area (Å²) in [7, 11) is 0. The summed E-state index contributed by atoms with van der Waals surface area (Å²) in [5, 5.41) is 5.82. The smallest absolute Gasteiger partial charge is 0.408 e. The van der Waals surface area contributed by atoms with Gasteiger partial charge in [-0.15, -0.1) is 0 Å². The van der Waals surface area contributed by atoms with Gasteiger partial charge < -0.3 is 20.3 Å². The van der Waals surface area contributed by atoms with Crippen molar-refractivity contribution in [3.05, 3.63) is 35.4 Å². The van der Waals surface area contributed by atoms with E-state index in [0.29, 0.717) is 6.54 Å². The fourth-order valence-corrected chi connectivity index (χ4v) is 3.68. The first-order valence-corrected chi connectivity index (χ1v) is 12.7. The number of ether oxygens (including phenoxy) is 1. The van der Waals surface area contributed by atoms with E-state index in [1.807, 2.05) is 65.8 Å². The third-order valence-electron chi connectivity index (χ3n) is 5.34. The van der Waals surface area contributed by atoms with E-state index in [1.165, 1.54) is 0 Å². The number of aryl methyl sites for hydroxylation is 1. The first-order valence-electron chi connectivity index (χ1n) is 12.7. The highest BCUT2D eigenvalue weighted by molar-refractivity contribution is 5.92. The highest BCUT2D eigenvalue weighted by Crippen LogP contribution is 2.26. The Bertz CT molecular complexity index is 835. The van der Waals surface area contributed by atoms with Gasteiger partial charge in [-0.3, -0.25) is 9.59 Å². The van der Waals surface area contributed by atoms with Gasteiger partial charge in [0.2, 0.25) is 11.8 Å². The summed E-state index contributed by atoms with van der Waals surface area (Å²) in [6.07, 6.45) is 2.01. The minimum absolute atomic E-state index is 0.201. The van der Waals surface area contributed by atoms with Crippen LogP contribution >= 0.6 is 0 Å². The van der Waals surface area contributed by atoms with Crippen LogP contribution in [0.4, 0.5) is 4.79 Å². The van der Waals surface area contributed by atoms with Gasteiger partial charge in [0.1, 0.15) is 17.7 Å². The average Bonchev–Trinajstić information content (AvgIpc) is 2.69. The molecular weight excluding hydrogens is 442 g/mol. The van der Waals surface area contributed by atoms with E-state index in [-0.39, 0.29) is 17.7 Å². The Kier molecular flexibility index (Phi) is 11.3. The summed E-state index contributed by atoms with van der Waals surface area (Å²) in [5.74, 6) is -0.740. The Morgan fingerprint density at radius 3 is 2.00 bits per heavy atom. The van der Waals surface area contributed by atoms with Crippen LogP contribution < -0.4 is 10.6 Å². The van der Waals surface area contributed by atoms with Gasteiger partial charge in [-0.2, -0.15) is 0 Å². The van der Waals surface area contributed by atoms with Crippen molar-refractivity contribution >= 4 is 17.9 Å². The lowest BCUT2D eigenvalue weighted by atomic mass is 9.97. The van der Waals surface area contributed by atoms with E-state index in [2.05, 4.69) is 17.6 Å². The van der Waals surface area contributed by atoms with Crippen molar-refractivity contribution in [1.82, 2.24) is 15.5 Å². The standard InChI is InChI=1S/C28H47N3O4/c1-11-12-13-18-31(25(33)22(19(2)3)29-26(34)35-28(8,9)10)23(24(32)30-27(5,6)7)21-16-14-20(4)15-17-21/h14-17,19,22-23H,11-13,18H2,1-10H3,(H,29,34)(H,30,32). The minimum atomic E-state index is -0.832. The predicted octanol–water partition coefficient (Wildman–Crippen LogP) is 5.52. The monoisotopic (exact) mass is 489 g/mol. The molecule has 0 aliphatic rings. The zero-order valence-corrected chi connectivity index (χ0v) is 23.5. The molecule has 1 aromatic rings. The molecule has 0 aliphatic carbocycles. The maximum atomic E-state index is 14.0. The van der Waals surface area contributed by atoms with E-state index >= 15 is 0 Å². The van der Waals surface area contributed by atoms with Crippen LogP contribution in [-0.2, 0) is 14.3 Å². The van der Waals surface area contributed by atoms with Crippen LogP contribution in [0.25, 0.3) is 0 Å². The Morgan fingerprint density at radius 2 is 1.54 bits per heavy atom. The summed E-state index contributed by atoms with van der Waals surface area (Å²) in [6.45, 7) is 19.3. The van der Waals surface area contributed by atoms with Crippen LogP contribution in [0.1, 0.15) is 98.7 Å². The molecule has 7 nitrogen and oxygen atoms in total. The van der Waals surface area contributed by atoms with Crippen LogP contribution in [-0.4, -0.2) is 46.5 Å². The van der Waals surface area contributed by atoms with Gasteiger partial charge in [-0.25, -0.2) is 4.79 Å². The van der Waals surface area contributed by atoms with Gasteiger partial charge in [0, 0.05) is 12.1 Å². The van der Waals surface area contributed by atoms with Gasteiger partial charge in [0.15, 0.2) is 0 Å². The Labute approximate surface area is 212 Å². The Balaban J connectivity index is 3.47. The molecule has 198 valence electrons. The molecular formula is C28H47N3O4. The van der Waals surface area contributed by atoms with Crippen LogP contribution in [0.5, 0.6) is 0 Å².